The van der Waals surface area contributed by atoms with Crippen molar-refractivity contribution in [1.82, 2.24) is 0 Å². The number of carbonyl (C=O) groups excluding carboxylic acids is 1. The maximum atomic E-state index is 11.4. The number of hydrogen-bond donors (Lipinski definition) is 0. The van der Waals surface area contributed by atoms with E-state index in [-0.39, 0.29) is 5.97 Å². The molecule has 16 heavy (non-hydrogen) atoms. The molecule has 0 amide bonds. The van der Waals surface area contributed by atoms with E-state index in [0.29, 0.717) is 37.8 Å². The van der Waals surface area contributed by atoms with Gasteiger partial charge in [0.15, 0.2) is 0 Å². The summed E-state index contributed by atoms with van der Waals surface area (Å²) in [6, 6.07) is 0. The summed E-state index contributed by atoms with van der Waals surface area (Å²) in [5.41, 5.74) is 0.455. The molecule has 92 valence electrons. The van der Waals surface area contributed by atoms with Crippen LogP contribution >= 0.6 is 0 Å². The van der Waals surface area contributed by atoms with Crippen molar-refractivity contribution in [2.75, 3.05) is 26.4 Å². The molecule has 0 spiro atoms. The third kappa shape index (κ3) is 3.83. The predicted molar refractivity (Wildman–Crippen MR) is 56.7 cm³/mol. The molecule has 1 aliphatic heterocycles. The van der Waals surface area contributed by atoms with Crippen LogP contribution in [0, 0.1) is 0 Å². The van der Waals surface area contributed by atoms with Crippen molar-refractivity contribution in [2.24, 2.45) is 0 Å². The van der Waals surface area contributed by atoms with E-state index in [1.54, 1.807) is 20.8 Å². The van der Waals surface area contributed by atoms with E-state index in [1.807, 2.05) is 0 Å². The summed E-state index contributed by atoms with van der Waals surface area (Å²) in [6.45, 7) is 6.97. The molecule has 0 aromatic heterocycles. The van der Waals surface area contributed by atoms with Gasteiger partial charge in [-0.1, -0.05) is 0 Å². The standard InChI is InChI=1S/C11H18O5/c1-4-14-11(12)8(2)9(3)16-10-7-13-5-6-15-10/h10H,4-7H2,1-3H3/b9-8-. The van der Waals surface area contributed by atoms with Crippen LogP contribution in [0.4, 0.5) is 0 Å². The average molecular weight is 230 g/mol. The topological polar surface area (TPSA) is 54.0 Å². The van der Waals surface area contributed by atoms with Crippen molar-refractivity contribution in [3.05, 3.63) is 11.3 Å². The molecular formula is C11H18O5. The van der Waals surface area contributed by atoms with Crippen molar-refractivity contribution in [2.45, 2.75) is 27.1 Å². The Morgan fingerprint density at radius 2 is 2.12 bits per heavy atom. The maximum Gasteiger partial charge on any atom is 0.337 e. The summed E-state index contributed by atoms with van der Waals surface area (Å²) < 4.78 is 20.8. The third-order valence-electron chi connectivity index (χ3n) is 2.20. The minimum atomic E-state index is -0.432. The largest absolute Gasteiger partial charge is 0.467 e. The third-order valence-corrected chi connectivity index (χ3v) is 2.20. The Balaban J connectivity index is 2.50. The zero-order valence-electron chi connectivity index (χ0n) is 9.95. The number of esters is 1. The lowest BCUT2D eigenvalue weighted by Gasteiger charge is -2.24. The normalized spacial score (nSPS) is 22.3. The summed E-state index contributed by atoms with van der Waals surface area (Å²) in [4.78, 5) is 11.4. The summed E-state index contributed by atoms with van der Waals surface area (Å²) in [5.74, 6) is 0.144. The van der Waals surface area contributed by atoms with Gasteiger partial charge in [-0.05, 0) is 20.8 Å². The Labute approximate surface area is 95.3 Å². The van der Waals surface area contributed by atoms with Crippen molar-refractivity contribution < 1.29 is 23.7 Å². The average Bonchev–Trinajstić information content (AvgIpc) is 2.29. The lowest BCUT2D eigenvalue weighted by molar-refractivity contribution is -0.194. The van der Waals surface area contributed by atoms with Crippen LogP contribution in [0.3, 0.4) is 0 Å². The molecule has 0 aromatic carbocycles. The molecule has 1 fully saturated rings. The molecule has 0 radical (unpaired) electrons. The van der Waals surface area contributed by atoms with Crippen LogP contribution in [0.15, 0.2) is 11.3 Å². The molecule has 5 nitrogen and oxygen atoms in total. The minimum absolute atomic E-state index is 0.354. The Hall–Kier alpha value is -1.07. The van der Waals surface area contributed by atoms with Crippen LogP contribution in [0.5, 0.6) is 0 Å². The van der Waals surface area contributed by atoms with Crippen LogP contribution in [0.25, 0.3) is 0 Å². The molecule has 0 aliphatic carbocycles. The second-order valence-electron chi connectivity index (χ2n) is 3.39. The van der Waals surface area contributed by atoms with Crippen molar-refractivity contribution in [1.29, 1.82) is 0 Å². The van der Waals surface area contributed by atoms with Crippen LogP contribution in [-0.2, 0) is 23.7 Å². The Morgan fingerprint density at radius 3 is 2.69 bits per heavy atom. The summed E-state index contributed by atoms with van der Waals surface area (Å²) in [6.07, 6.45) is -0.432. The first-order valence-corrected chi connectivity index (χ1v) is 5.35. The maximum absolute atomic E-state index is 11.4. The number of rotatable bonds is 4. The summed E-state index contributed by atoms with van der Waals surface area (Å²) >= 11 is 0. The van der Waals surface area contributed by atoms with Gasteiger partial charge in [-0.3, -0.25) is 0 Å². The summed E-state index contributed by atoms with van der Waals surface area (Å²) in [5, 5.41) is 0. The SMILES string of the molecule is CCOC(=O)/C(C)=C(/C)OC1COCCO1. The van der Waals surface area contributed by atoms with Crippen LogP contribution in [0.1, 0.15) is 20.8 Å². The minimum Gasteiger partial charge on any atom is -0.467 e. The van der Waals surface area contributed by atoms with E-state index in [4.69, 9.17) is 18.9 Å². The highest BCUT2D eigenvalue weighted by Gasteiger charge is 2.18. The van der Waals surface area contributed by atoms with Crippen molar-refractivity contribution in [3.63, 3.8) is 0 Å². The van der Waals surface area contributed by atoms with Gasteiger partial charge in [0.1, 0.15) is 12.4 Å². The fraction of sp³-hybridized carbons (Fsp3) is 0.727. The highest BCUT2D eigenvalue weighted by atomic mass is 16.7. The molecule has 1 unspecified atom stereocenters. The highest BCUT2D eigenvalue weighted by Crippen LogP contribution is 2.12. The van der Waals surface area contributed by atoms with Gasteiger partial charge >= 0.3 is 5.97 Å². The first-order chi connectivity index (χ1) is 7.65. The fourth-order valence-electron chi connectivity index (χ4n) is 1.20. The van der Waals surface area contributed by atoms with E-state index in [2.05, 4.69) is 0 Å². The quantitative estimate of drug-likeness (QED) is 0.413. The second-order valence-corrected chi connectivity index (χ2v) is 3.39. The Bertz CT molecular complexity index is 266. The molecule has 0 aromatic rings. The smallest absolute Gasteiger partial charge is 0.337 e. The molecule has 5 heteroatoms. The van der Waals surface area contributed by atoms with E-state index in [0.717, 1.165) is 0 Å². The molecule has 0 N–H and O–H groups in total. The van der Waals surface area contributed by atoms with Crippen LogP contribution in [0.2, 0.25) is 0 Å². The van der Waals surface area contributed by atoms with E-state index in [1.165, 1.54) is 0 Å². The van der Waals surface area contributed by atoms with E-state index >= 15 is 0 Å². The zero-order valence-corrected chi connectivity index (χ0v) is 9.95. The molecular weight excluding hydrogens is 212 g/mol. The first kappa shape index (κ1) is 13.0. The predicted octanol–water partition coefficient (Wildman–Crippen LogP) is 1.23. The molecule has 1 aliphatic rings. The number of ether oxygens (including phenoxy) is 4. The van der Waals surface area contributed by atoms with E-state index < -0.39 is 6.29 Å². The summed E-state index contributed by atoms with van der Waals surface area (Å²) in [7, 11) is 0. The molecule has 1 saturated heterocycles. The van der Waals surface area contributed by atoms with Gasteiger partial charge in [-0.15, -0.1) is 0 Å². The molecule has 1 heterocycles. The first-order valence-electron chi connectivity index (χ1n) is 5.35. The Morgan fingerprint density at radius 1 is 1.38 bits per heavy atom. The number of carbonyl (C=O) groups is 1. The van der Waals surface area contributed by atoms with Gasteiger partial charge in [0.25, 0.3) is 0 Å². The van der Waals surface area contributed by atoms with Gasteiger partial charge in [-0.2, -0.15) is 0 Å². The van der Waals surface area contributed by atoms with Crippen LogP contribution < -0.4 is 0 Å². The lowest BCUT2D eigenvalue weighted by Crippen LogP contribution is -2.30. The molecule has 1 atom stereocenters. The highest BCUT2D eigenvalue weighted by molar-refractivity contribution is 5.88. The van der Waals surface area contributed by atoms with Gasteiger partial charge < -0.3 is 18.9 Å². The zero-order chi connectivity index (χ0) is 12.0. The van der Waals surface area contributed by atoms with Crippen LogP contribution in [-0.4, -0.2) is 38.7 Å². The number of hydrogen-bond acceptors (Lipinski definition) is 5. The second kappa shape index (κ2) is 6.50. The molecule has 0 saturated carbocycles. The Kier molecular flexibility index (Phi) is 5.28. The lowest BCUT2D eigenvalue weighted by atomic mass is 10.3. The van der Waals surface area contributed by atoms with Crippen molar-refractivity contribution >= 4 is 5.97 Å². The molecule has 1 rings (SSSR count). The molecule has 0 bridgehead atoms. The van der Waals surface area contributed by atoms with E-state index in [9.17, 15) is 4.79 Å². The van der Waals surface area contributed by atoms with Gasteiger partial charge in [0.05, 0.1) is 25.4 Å². The van der Waals surface area contributed by atoms with Gasteiger partial charge in [0, 0.05) is 0 Å². The van der Waals surface area contributed by atoms with Gasteiger partial charge in [-0.25, -0.2) is 4.79 Å². The fourth-order valence-corrected chi connectivity index (χ4v) is 1.20. The van der Waals surface area contributed by atoms with Crippen molar-refractivity contribution in [3.8, 4) is 0 Å². The monoisotopic (exact) mass is 230 g/mol. The number of allylic oxidation sites excluding steroid dienone is 1. The van der Waals surface area contributed by atoms with Gasteiger partial charge in [0.2, 0.25) is 6.29 Å².